The van der Waals surface area contributed by atoms with Gasteiger partial charge in [0.25, 0.3) is 0 Å². The minimum absolute atomic E-state index is 0.0915. The second-order valence-corrected chi connectivity index (χ2v) is 7.89. The molecule has 1 aromatic rings. The molecule has 1 aliphatic rings. The molecule has 1 aliphatic heterocycles. The predicted octanol–water partition coefficient (Wildman–Crippen LogP) is 2.27. The van der Waals surface area contributed by atoms with E-state index in [4.69, 9.17) is 5.11 Å². The molecule has 8 heteroatoms. The summed E-state index contributed by atoms with van der Waals surface area (Å²) in [5.74, 6) is -0.0283. The summed E-state index contributed by atoms with van der Waals surface area (Å²) in [6, 6.07) is 0.297. The number of amides is 1. The van der Waals surface area contributed by atoms with E-state index in [0.717, 1.165) is 36.0 Å². The predicted molar refractivity (Wildman–Crippen MR) is 92.3 cm³/mol. The molecule has 2 heterocycles. The number of nitrogens with zero attached hydrogens (tertiary/aromatic N) is 3. The number of carbonyl (C=O) groups excluding carboxylic acids is 1. The molecule has 1 amide bonds. The summed E-state index contributed by atoms with van der Waals surface area (Å²) < 4.78 is 0.744. The highest BCUT2D eigenvalue weighted by atomic mass is 32.2. The number of hydrogen-bond acceptors (Lipinski definition) is 6. The van der Waals surface area contributed by atoms with Crippen LogP contribution in [0.15, 0.2) is 9.72 Å². The Morgan fingerprint density at radius 1 is 1.61 bits per heavy atom. The molecule has 0 radical (unpaired) electrons. The Balaban J connectivity index is 1.82. The third kappa shape index (κ3) is 5.19. The summed E-state index contributed by atoms with van der Waals surface area (Å²) in [5, 5.41) is 10.4. The molecule has 23 heavy (non-hydrogen) atoms. The van der Waals surface area contributed by atoms with Gasteiger partial charge in [0.15, 0.2) is 10.0 Å². The summed E-state index contributed by atoms with van der Waals surface area (Å²) in [7, 11) is 2.10. The van der Waals surface area contributed by atoms with E-state index in [2.05, 4.69) is 23.9 Å². The van der Waals surface area contributed by atoms with Gasteiger partial charge in [0.1, 0.15) is 0 Å². The molecule has 0 bridgehead atoms. The van der Waals surface area contributed by atoms with Crippen LogP contribution in [-0.4, -0.2) is 70.2 Å². The topological polar surface area (TPSA) is 73.7 Å². The maximum absolute atomic E-state index is 12.1. The van der Waals surface area contributed by atoms with Crippen molar-refractivity contribution in [2.24, 2.45) is 0 Å². The molecular formula is C15H23N3O3S2. The average Bonchev–Trinajstić information content (AvgIpc) is 3.09. The number of carbonyl (C=O) groups is 2. The van der Waals surface area contributed by atoms with E-state index in [1.807, 2.05) is 4.90 Å². The summed E-state index contributed by atoms with van der Waals surface area (Å²) in [4.78, 5) is 31.2. The Labute approximate surface area is 144 Å². The lowest BCUT2D eigenvalue weighted by molar-refractivity contribution is -0.128. The molecule has 0 aliphatic carbocycles. The fraction of sp³-hybridized carbons (Fsp3) is 0.667. The van der Waals surface area contributed by atoms with Crippen LogP contribution in [0.2, 0.25) is 0 Å². The molecule has 0 unspecified atom stereocenters. The van der Waals surface area contributed by atoms with E-state index in [0.29, 0.717) is 19.0 Å². The molecule has 0 spiro atoms. The molecule has 6 nitrogen and oxygen atoms in total. The first-order valence-corrected chi connectivity index (χ1v) is 9.67. The van der Waals surface area contributed by atoms with E-state index in [9.17, 15) is 9.59 Å². The van der Waals surface area contributed by atoms with E-state index in [1.54, 1.807) is 5.38 Å². The van der Waals surface area contributed by atoms with Gasteiger partial charge in [-0.3, -0.25) is 4.79 Å². The summed E-state index contributed by atoms with van der Waals surface area (Å²) in [6.45, 7) is 4.81. The Kier molecular flexibility index (Phi) is 6.86. The van der Waals surface area contributed by atoms with E-state index in [-0.39, 0.29) is 11.6 Å². The second-order valence-electron chi connectivity index (χ2n) is 5.69. The minimum Gasteiger partial charge on any atom is -0.476 e. The molecule has 1 atom stereocenters. The second kappa shape index (κ2) is 8.65. The molecule has 1 aromatic heterocycles. The molecule has 2 rings (SSSR count). The van der Waals surface area contributed by atoms with Crippen LogP contribution < -0.4 is 0 Å². The number of likely N-dealkylation sites (N-methyl/N-ethyl adjacent to an activating group) is 1. The van der Waals surface area contributed by atoms with Gasteiger partial charge in [0.05, 0.1) is 0 Å². The smallest absolute Gasteiger partial charge is 0.355 e. The van der Waals surface area contributed by atoms with Crippen LogP contribution in [0.1, 0.15) is 36.7 Å². The van der Waals surface area contributed by atoms with Crippen molar-refractivity contribution in [1.29, 1.82) is 0 Å². The summed E-state index contributed by atoms with van der Waals surface area (Å²) in [5.41, 5.74) is 0.0915. The molecule has 1 N–H and O–H groups in total. The van der Waals surface area contributed by atoms with Gasteiger partial charge < -0.3 is 14.9 Å². The van der Waals surface area contributed by atoms with E-state index < -0.39 is 5.97 Å². The van der Waals surface area contributed by atoms with E-state index >= 15 is 0 Å². The minimum atomic E-state index is -0.998. The largest absolute Gasteiger partial charge is 0.476 e. The van der Waals surface area contributed by atoms with Gasteiger partial charge in [0.2, 0.25) is 5.91 Å². The standard InChI is InChI=1S/C15H23N3O3S2/c1-3-6-17(2)9-11-4-5-13(19)18(11)7-8-22-15-16-12(10-23-15)14(20)21/h10-11H,3-9H2,1-2H3,(H,20,21)/t11-/m1/s1. The van der Waals surface area contributed by atoms with Gasteiger partial charge in [0, 0.05) is 36.7 Å². The van der Waals surface area contributed by atoms with Crippen molar-refractivity contribution in [3.63, 3.8) is 0 Å². The Bertz CT molecular complexity index is 550. The Morgan fingerprint density at radius 3 is 3.04 bits per heavy atom. The lowest BCUT2D eigenvalue weighted by Crippen LogP contribution is -2.42. The zero-order valence-electron chi connectivity index (χ0n) is 13.5. The highest BCUT2D eigenvalue weighted by Gasteiger charge is 2.31. The normalized spacial score (nSPS) is 18.1. The number of likely N-dealkylation sites (tertiary alicyclic amines) is 1. The zero-order valence-corrected chi connectivity index (χ0v) is 15.2. The first-order chi connectivity index (χ1) is 11.0. The molecular weight excluding hydrogens is 334 g/mol. The van der Waals surface area contributed by atoms with Gasteiger partial charge in [-0.05, 0) is 26.4 Å². The van der Waals surface area contributed by atoms with Gasteiger partial charge in [-0.25, -0.2) is 9.78 Å². The van der Waals surface area contributed by atoms with Gasteiger partial charge in [-0.15, -0.1) is 11.3 Å². The summed E-state index contributed by atoms with van der Waals surface area (Å²) in [6.07, 6.45) is 2.68. The Hall–Kier alpha value is -1.12. The van der Waals surface area contributed by atoms with Crippen molar-refractivity contribution >= 4 is 35.0 Å². The third-order valence-corrected chi connectivity index (χ3v) is 5.84. The molecule has 0 saturated carbocycles. The number of rotatable bonds is 9. The zero-order chi connectivity index (χ0) is 16.8. The molecule has 128 valence electrons. The van der Waals surface area contributed by atoms with Crippen LogP contribution >= 0.6 is 23.1 Å². The molecule has 1 fully saturated rings. The fourth-order valence-corrected chi connectivity index (χ4v) is 4.59. The number of thioether (sulfide) groups is 1. The molecule has 0 aromatic carbocycles. The Morgan fingerprint density at radius 2 is 2.39 bits per heavy atom. The number of hydrogen-bond donors (Lipinski definition) is 1. The van der Waals surface area contributed by atoms with Gasteiger partial charge in [-0.1, -0.05) is 18.7 Å². The number of thiazole rings is 1. The first-order valence-electron chi connectivity index (χ1n) is 7.81. The summed E-state index contributed by atoms with van der Waals surface area (Å²) >= 11 is 2.85. The van der Waals surface area contributed by atoms with Gasteiger partial charge in [-0.2, -0.15) is 0 Å². The highest BCUT2D eigenvalue weighted by Crippen LogP contribution is 2.25. The fourth-order valence-electron chi connectivity index (χ4n) is 2.78. The van der Waals surface area contributed by atoms with Crippen molar-refractivity contribution in [2.45, 2.75) is 36.6 Å². The average molecular weight is 358 g/mol. The number of aromatic nitrogens is 1. The monoisotopic (exact) mass is 357 g/mol. The number of aromatic carboxylic acids is 1. The SMILES string of the molecule is CCCN(C)C[C@H]1CCC(=O)N1CCSc1nc(C(=O)O)cs1. The van der Waals surface area contributed by atoms with Crippen molar-refractivity contribution in [3.05, 3.63) is 11.1 Å². The van der Waals surface area contributed by atoms with Crippen LogP contribution in [0.25, 0.3) is 0 Å². The first kappa shape index (κ1) is 18.2. The van der Waals surface area contributed by atoms with Crippen LogP contribution in [0.4, 0.5) is 0 Å². The quantitative estimate of drug-likeness (QED) is 0.684. The van der Waals surface area contributed by atoms with Gasteiger partial charge >= 0.3 is 5.97 Å². The van der Waals surface area contributed by atoms with Crippen LogP contribution in [0.3, 0.4) is 0 Å². The highest BCUT2D eigenvalue weighted by molar-refractivity contribution is 8.01. The van der Waals surface area contributed by atoms with Crippen molar-refractivity contribution in [2.75, 3.05) is 32.4 Å². The molecule has 1 saturated heterocycles. The maximum atomic E-state index is 12.1. The lowest BCUT2D eigenvalue weighted by atomic mass is 10.2. The number of carboxylic acid groups (broad SMARTS) is 1. The maximum Gasteiger partial charge on any atom is 0.355 e. The van der Waals surface area contributed by atoms with E-state index in [1.165, 1.54) is 23.1 Å². The van der Waals surface area contributed by atoms with Crippen molar-refractivity contribution in [3.8, 4) is 0 Å². The van der Waals surface area contributed by atoms with Crippen LogP contribution in [0.5, 0.6) is 0 Å². The number of carboxylic acids is 1. The van der Waals surface area contributed by atoms with Crippen molar-refractivity contribution in [1.82, 2.24) is 14.8 Å². The third-order valence-electron chi connectivity index (χ3n) is 3.84. The van der Waals surface area contributed by atoms with Crippen LogP contribution in [-0.2, 0) is 4.79 Å². The van der Waals surface area contributed by atoms with Crippen LogP contribution in [0, 0.1) is 0 Å². The van der Waals surface area contributed by atoms with Crippen molar-refractivity contribution < 1.29 is 14.7 Å². The lowest BCUT2D eigenvalue weighted by Gasteiger charge is -2.28.